The number of imidazole rings is 1. The minimum Gasteiger partial charge on any atom is -0.468 e. The molecule has 1 aromatic carbocycles. The van der Waals surface area contributed by atoms with Gasteiger partial charge in [-0.05, 0) is 5.56 Å². The normalized spacial score (nSPS) is 12.1. The number of aryl methyl sites for hydroxylation is 1. The van der Waals surface area contributed by atoms with Gasteiger partial charge in [0.1, 0.15) is 6.04 Å². The van der Waals surface area contributed by atoms with Crippen molar-refractivity contribution in [1.29, 1.82) is 0 Å². The standard InChI is InChI=1S/C14H17N3O2/c1-17-10-15-8-12(17)9-16-13(14(18)19-2)11-6-4-3-5-7-11/h3-8,10,13,16H,9H2,1-2H3. The molecule has 0 aliphatic heterocycles. The second-order valence-corrected chi connectivity index (χ2v) is 4.24. The number of benzene rings is 1. The Hall–Kier alpha value is -2.14. The zero-order chi connectivity index (χ0) is 13.7. The van der Waals surface area contributed by atoms with Gasteiger partial charge in [0, 0.05) is 19.8 Å². The summed E-state index contributed by atoms with van der Waals surface area (Å²) in [6.45, 7) is 0.547. The van der Waals surface area contributed by atoms with Gasteiger partial charge in [-0.15, -0.1) is 0 Å². The van der Waals surface area contributed by atoms with E-state index in [1.165, 1.54) is 7.11 Å². The van der Waals surface area contributed by atoms with Crippen LogP contribution in [0.2, 0.25) is 0 Å². The van der Waals surface area contributed by atoms with Crippen molar-refractivity contribution in [2.45, 2.75) is 12.6 Å². The van der Waals surface area contributed by atoms with Crippen molar-refractivity contribution in [3.8, 4) is 0 Å². The Morgan fingerprint density at radius 1 is 1.42 bits per heavy atom. The first-order chi connectivity index (χ1) is 9.22. The predicted molar refractivity (Wildman–Crippen MR) is 71.2 cm³/mol. The largest absolute Gasteiger partial charge is 0.468 e. The monoisotopic (exact) mass is 259 g/mol. The fraction of sp³-hybridized carbons (Fsp3) is 0.286. The maximum atomic E-state index is 11.8. The molecular weight excluding hydrogens is 242 g/mol. The Balaban J connectivity index is 2.11. The summed E-state index contributed by atoms with van der Waals surface area (Å²) in [6.07, 6.45) is 3.50. The molecule has 0 aliphatic rings. The summed E-state index contributed by atoms with van der Waals surface area (Å²) in [6, 6.07) is 9.05. The van der Waals surface area contributed by atoms with Crippen LogP contribution in [-0.2, 0) is 23.1 Å². The van der Waals surface area contributed by atoms with Gasteiger partial charge in [0.05, 0.1) is 19.1 Å². The highest BCUT2D eigenvalue weighted by atomic mass is 16.5. The molecule has 0 radical (unpaired) electrons. The molecule has 0 amide bonds. The van der Waals surface area contributed by atoms with Gasteiger partial charge in [-0.25, -0.2) is 9.78 Å². The molecule has 1 atom stereocenters. The zero-order valence-electron chi connectivity index (χ0n) is 11.0. The average molecular weight is 259 g/mol. The van der Waals surface area contributed by atoms with Crippen molar-refractivity contribution in [1.82, 2.24) is 14.9 Å². The summed E-state index contributed by atoms with van der Waals surface area (Å²) in [7, 11) is 3.31. The fourth-order valence-corrected chi connectivity index (χ4v) is 1.86. The van der Waals surface area contributed by atoms with E-state index in [4.69, 9.17) is 4.74 Å². The van der Waals surface area contributed by atoms with Crippen molar-refractivity contribution in [2.75, 3.05) is 7.11 Å². The van der Waals surface area contributed by atoms with E-state index < -0.39 is 6.04 Å². The molecule has 19 heavy (non-hydrogen) atoms. The number of nitrogens with zero attached hydrogens (tertiary/aromatic N) is 2. The third kappa shape index (κ3) is 3.20. The Kier molecular flexibility index (Phi) is 4.30. The Morgan fingerprint density at radius 2 is 2.16 bits per heavy atom. The highest BCUT2D eigenvalue weighted by Crippen LogP contribution is 2.14. The van der Waals surface area contributed by atoms with E-state index in [2.05, 4.69) is 10.3 Å². The minimum absolute atomic E-state index is 0.298. The Bertz CT molecular complexity index is 537. The van der Waals surface area contributed by atoms with E-state index in [-0.39, 0.29) is 5.97 Å². The van der Waals surface area contributed by atoms with Crippen LogP contribution in [0.25, 0.3) is 0 Å². The molecule has 0 saturated carbocycles. The lowest BCUT2D eigenvalue weighted by Gasteiger charge is -2.16. The highest BCUT2D eigenvalue weighted by Gasteiger charge is 2.20. The number of aromatic nitrogens is 2. The molecule has 1 N–H and O–H groups in total. The number of carbonyl (C=O) groups is 1. The predicted octanol–water partition coefficient (Wildman–Crippen LogP) is 1.42. The van der Waals surface area contributed by atoms with Crippen LogP contribution in [0, 0.1) is 0 Å². The summed E-state index contributed by atoms with van der Waals surface area (Å²) >= 11 is 0. The average Bonchev–Trinajstić information content (AvgIpc) is 2.85. The fourth-order valence-electron chi connectivity index (χ4n) is 1.86. The number of esters is 1. The van der Waals surface area contributed by atoms with Gasteiger partial charge in [-0.1, -0.05) is 30.3 Å². The maximum absolute atomic E-state index is 11.8. The topological polar surface area (TPSA) is 56.1 Å². The van der Waals surface area contributed by atoms with Gasteiger partial charge in [-0.3, -0.25) is 5.32 Å². The summed E-state index contributed by atoms with van der Waals surface area (Å²) < 4.78 is 6.75. The van der Waals surface area contributed by atoms with Crippen molar-refractivity contribution in [2.24, 2.45) is 7.05 Å². The number of hydrogen-bond donors (Lipinski definition) is 1. The second-order valence-electron chi connectivity index (χ2n) is 4.24. The van der Waals surface area contributed by atoms with Crippen molar-refractivity contribution in [3.05, 3.63) is 54.1 Å². The van der Waals surface area contributed by atoms with Crippen LogP contribution >= 0.6 is 0 Å². The lowest BCUT2D eigenvalue weighted by Crippen LogP contribution is -2.29. The third-order valence-electron chi connectivity index (χ3n) is 2.97. The quantitative estimate of drug-likeness (QED) is 0.825. The molecule has 1 unspecified atom stereocenters. The molecule has 0 spiro atoms. The van der Waals surface area contributed by atoms with Gasteiger partial charge in [0.2, 0.25) is 0 Å². The first kappa shape index (κ1) is 13.3. The van der Waals surface area contributed by atoms with E-state index in [9.17, 15) is 4.79 Å². The lowest BCUT2D eigenvalue weighted by atomic mass is 10.1. The summed E-state index contributed by atoms with van der Waals surface area (Å²) in [5, 5.41) is 3.19. The highest BCUT2D eigenvalue weighted by molar-refractivity contribution is 5.77. The number of ether oxygens (including phenoxy) is 1. The molecule has 0 fully saturated rings. The van der Waals surface area contributed by atoms with Crippen LogP contribution in [0.5, 0.6) is 0 Å². The van der Waals surface area contributed by atoms with Crippen LogP contribution in [-0.4, -0.2) is 22.6 Å². The van der Waals surface area contributed by atoms with Crippen LogP contribution < -0.4 is 5.32 Å². The zero-order valence-corrected chi connectivity index (χ0v) is 11.0. The first-order valence-corrected chi connectivity index (χ1v) is 6.03. The molecule has 2 rings (SSSR count). The first-order valence-electron chi connectivity index (χ1n) is 6.03. The molecule has 5 heteroatoms. The molecule has 1 aromatic heterocycles. The van der Waals surface area contributed by atoms with E-state index in [0.717, 1.165) is 11.3 Å². The minimum atomic E-state index is -0.471. The molecule has 2 aromatic rings. The van der Waals surface area contributed by atoms with E-state index in [1.807, 2.05) is 41.9 Å². The Labute approximate surface area is 112 Å². The number of rotatable bonds is 5. The maximum Gasteiger partial charge on any atom is 0.327 e. The Morgan fingerprint density at radius 3 is 2.74 bits per heavy atom. The lowest BCUT2D eigenvalue weighted by molar-refractivity contribution is -0.143. The van der Waals surface area contributed by atoms with Gasteiger partial charge in [-0.2, -0.15) is 0 Å². The summed E-state index contributed by atoms with van der Waals surface area (Å²) in [5.41, 5.74) is 1.89. The summed E-state index contributed by atoms with van der Waals surface area (Å²) in [4.78, 5) is 15.9. The number of nitrogens with one attached hydrogen (secondary N) is 1. The SMILES string of the molecule is COC(=O)C(NCc1cncn1C)c1ccccc1. The van der Waals surface area contributed by atoms with Gasteiger partial charge >= 0.3 is 5.97 Å². The number of methoxy groups -OCH3 is 1. The van der Waals surface area contributed by atoms with Crippen molar-refractivity contribution in [3.63, 3.8) is 0 Å². The van der Waals surface area contributed by atoms with Crippen molar-refractivity contribution < 1.29 is 9.53 Å². The molecule has 0 bridgehead atoms. The third-order valence-corrected chi connectivity index (χ3v) is 2.97. The molecule has 0 saturated heterocycles. The number of hydrogen-bond acceptors (Lipinski definition) is 4. The number of carbonyl (C=O) groups excluding carboxylic acids is 1. The van der Waals surface area contributed by atoms with Gasteiger partial charge in [0.15, 0.2) is 0 Å². The molecule has 5 nitrogen and oxygen atoms in total. The second kappa shape index (κ2) is 6.15. The van der Waals surface area contributed by atoms with E-state index >= 15 is 0 Å². The summed E-state index contributed by atoms with van der Waals surface area (Å²) in [5.74, 6) is -0.298. The molecule has 0 aliphatic carbocycles. The smallest absolute Gasteiger partial charge is 0.327 e. The molecule has 1 heterocycles. The van der Waals surface area contributed by atoms with Crippen LogP contribution in [0.15, 0.2) is 42.9 Å². The molecular formula is C14H17N3O2. The van der Waals surface area contributed by atoms with Gasteiger partial charge in [0.25, 0.3) is 0 Å². The van der Waals surface area contributed by atoms with Crippen LogP contribution in [0.3, 0.4) is 0 Å². The van der Waals surface area contributed by atoms with E-state index in [0.29, 0.717) is 6.54 Å². The molecule has 100 valence electrons. The van der Waals surface area contributed by atoms with Crippen molar-refractivity contribution >= 4 is 5.97 Å². The van der Waals surface area contributed by atoms with Gasteiger partial charge < -0.3 is 9.30 Å². The van der Waals surface area contributed by atoms with Crippen LogP contribution in [0.1, 0.15) is 17.3 Å². The van der Waals surface area contributed by atoms with E-state index in [1.54, 1.807) is 12.5 Å². The van der Waals surface area contributed by atoms with Crippen LogP contribution in [0.4, 0.5) is 0 Å².